The lowest BCUT2D eigenvalue weighted by molar-refractivity contribution is -0.117. The first kappa shape index (κ1) is 14.3. The van der Waals surface area contributed by atoms with Gasteiger partial charge in [-0.05, 0) is 12.1 Å². The van der Waals surface area contributed by atoms with E-state index in [2.05, 4.69) is 16.7 Å². The predicted molar refractivity (Wildman–Crippen MR) is 75.5 cm³/mol. The van der Waals surface area contributed by atoms with Crippen LogP contribution in [-0.4, -0.2) is 50.1 Å². The molecular formula is C14H18N4O2. The molecule has 106 valence electrons. The molecule has 6 heteroatoms. The zero-order valence-electron chi connectivity index (χ0n) is 11.4. The van der Waals surface area contributed by atoms with Crippen LogP contribution in [0.4, 0.5) is 5.69 Å². The average Bonchev–Trinajstić information content (AvgIpc) is 2.48. The summed E-state index contributed by atoms with van der Waals surface area (Å²) in [5, 5.41) is 15.0. The fraction of sp³-hybridized carbons (Fsp3) is 0.429. The van der Waals surface area contributed by atoms with E-state index in [0.717, 1.165) is 6.54 Å². The molecule has 0 radical (unpaired) electrons. The second-order valence-electron chi connectivity index (χ2n) is 4.57. The Morgan fingerprint density at radius 2 is 2.40 bits per heavy atom. The molecule has 1 aromatic rings. The van der Waals surface area contributed by atoms with Gasteiger partial charge in [-0.1, -0.05) is 12.1 Å². The molecule has 1 amide bonds. The Labute approximate surface area is 118 Å². The molecule has 1 atom stereocenters. The zero-order chi connectivity index (χ0) is 14.4. The third kappa shape index (κ3) is 3.47. The number of ether oxygens (including phenoxy) is 1. The van der Waals surface area contributed by atoms with Gasteiger partial charge < -0.3 is 15.4 Å². The molecule has 2 rings (SSSR count). The molecule has 0 saturated carbocycles. The first-order chi connectivity index (χ1) is 9.74. The van der Waals surface area contributed by atoms with E-state index in [-0.39, 0.29) is 18.5 Å². The highest BCUT2D eigenvalue weighted by Crippen LogP contribution is 2.22. The fourth-order valence-electron chi connectivity index (χ4n) is 2.19. The fourth-order valence-corrected chi connectivity index (χ4v) is 2.19. The number of hydrogen-bond acceptors (Lipinski definition) is 5. The quantitative estimate of drug-likeness (QED) is 0.832. The van der Waals surface area contributed by atoms with Crippen molar-refractivity contribution in [2.24, 2.45) is 0 Å². The van der Waals surface area contributed by atoms with Gasteiger partial charge in [0, 0.05) is 19.6 Å². The van der Waals surface area contributed by atoms with Crippen molar-refractivity contribution in [3.63, 3.8) is 0 Å². The second kappa shape index (κ2) is 6.89. The van der Waals surface area contributed by atoms with Gasteiger partial charge in [-0.3, -0.25) is 9.69 Å². The summed E-state index contributed by atoms with van der Waals surface area (Å²) in [6, 6.07) is 9.20. The smallest absolute Gasteiger partial charge is 0.238 e. The van der Waals surface area contributed by atoms with E-state index in [1.807, 2.05) is 17.0 Å². The number of benzene rings is 1. The SMILES string of the molecule is COc1ccccc1NC(=O)CN1CCNCC1C#N. The van der Waals surface area contributed by atoms with Gasteiger partial charge in [-0.2, -0.15) is 5.26 Å². The van der Waals surface area contributed by atoms with Gasteiger partial charge in [0.25, 0.3) is 0 Å². The van der Waals surface area contributed by atoms with Crippen LogP contribution in [0.1, 0.15) is 0 Å². The Morgan fingerprint density at radius 1 is 1.60 bits per heavy atom. The summed E-state index contributed by atoms with van der Waals surface area (Å²) in [5.74, 6) is 0.481. The van der Waals surface area contributed by atoms with Crippen LogP contribution >= 0.6 is 0 Å². The molecule has 1 aliphatic heterocycles. The van der Waals surface area contributed by atoms with Crippen molar-refractivity contribution in [3.05, 3.63) is 24.3 Å². The zero-order valence-corrected chi connectivity index (χ0v) is 11.4. The van der Waals surface area contributed by atoms with E-state index < -0.39 is 0 Å². The number of nitriles is 1. The van der Waals surface area contributed by atoms with E-state index in [1.54, 1.807) is 19.2 Å². The Bertz CT molecular complexity index is 512. The number of rotatable bonds is 4. The monoisotopic (exact) mass is 274 g/mol. The molecule has 1 aliphatic rings. The summed E-state index contributed by atoms with van der Waals surface area (Å²) in [6.07, 6.45) is 0. The van der Waals surface area contributed by atoms with Crippen LogP contribution in [0.25, 0.3) is 0 Å². The molecule has 2 N–H and O–H groups in total. The van der Waals surface area contributed by atoms with E-state index in [1.165, 1.54) is 0 Å². The maximum Gasteiger partial charge on any atom is 0.238 e. The molecule has 1 heterocycles. The molecule has 6 nitrogen and oxygen atoms in total. The van der Waals surface area contributed by atoms with Gasteiger partial charge in [0.05, 0.1) is 25.4 Å². The minimum Gasteiger partial charge on any atom is -0.495 e. The number of anilines is 1. The maximum absolute atomic E-state index is 12.1. The molecule has 0 bridgehead atoms. The lowest BCUT2D eigenvalue weighted by Gasteiger charge is -2.31. The van der Waals surface area contributed by atoms with Crippen LogP contribution < -0.4 is 15.4 Å². The largest absolute Gasteiger partial charge is 0.495 e. The van der Waals surface area contributed by atoms with Gasteiger partial charge in [0.2, 0.25) is 5.91 Å². The summed E-state index contributed by atoms with van der Waals surface area (Å²) in [6.45, 7) is 2.29. The number of hydrogen-bond donors (Lipinski definition) is 2. The van der Waals surface area contributed by atoms with Crippen LogP contribution in [0.3, 0.4) is 0 Å². The van der Waals surface area contributed by atoms with Gasteiger partial charge in [-0.25, -0.2) is 0 Å². The summed E-state index contributed by atoms with van der Waals surface area (Å²) >= 11 is 0. The third-order valence-electron chi connectivity index (χ3n) is 3.23. The predicted octanol–water partition coefficient (Wildman–Crippen LogP) is 0.431. The first-order valence-electron chi connectivity index (χ1n) is 6.52. The molecule has 0 aliphatic carbocycles. The van der Waals surface area contributed by atoms with Crippen molar-refractivity contribution in [3.8, 4) is 11.8 Å². The van der Waals surface area contributed by atoms with Crippen LogP contribution in [0.15, 0.2) is 24.3 Å². The number of para-hydroxylation sites is 2. The van der Waals surface area contributed by atoms with Crippen LogP contribution in [0.2, 0.25) is 0 Å². The summed E-state index contributed by atoms with van der Waals surface area (Å²) in [5.41, 5.74) is 0.642. The second-order valence-corrected chi connectivity index (χ2v) is 4.57. The molecule has 0 spiro atoms. The first-order valence-corrected chi connectivity index (χ1v) is 6.52. The van der Waals surface area contributed by atoms with Gasteiger partial charge in [0.15, 0.2) is 0 Å². The average molecular weight is 274 g/mol. The molecule has 0 aromatic heterocycles. The highest BCUT2D eigenvalue weighted by Gasteiger charge is 2.23. The maximum atomic E-state index is 12.1. The molecular weight excluding hydrogens is 256 g/mol. The van der Waals surface area contributed by atoms with Crippen molar-refractivity contribution in [2.75, 3.05) is 38.6 Å². The Morgan fingerprint density at radius 3 is 3.15 bits per heavy atom. The highest BCUT2D eigenvalue weighted by molar-refractivity contribution is 5.93. The number of methoxy groups -OCH3 is 1. The Balaban J connectivity index is 1.96. The Kier molecular flexibility index (Phi) is 4.93. The lowest BCUT2D eigenvalue weighted by Crippen LogP contribution is -2.52. The minimum atomic E-state index is -0.257. The molecule has 1 saturated heterocycles. The standard InChI is InChI=1S/C14H18N4O2/c1-20-13-5-3-2-4-12(13)17-14(19)10-18-7-6-16-9-11(18)8-15/h2-5,11,16H,6-7,9-10H2,1H3,(H,17,19). The number of piperazine rings is 1. The van der Waals surface area contributed by atoms with E-state index >= 15 is 0 Å². The molecule has 1 aromatic carbocycles. The number of nitrogens with one attached hydrogen (secondary N) is 2. The third-order valence-corrected chi connectivity index (χ3v) is 3.23. The van der Waals surface area contributed by atoms with Crippen molar-refractivity contribution in [1.82, 2.24) is 10.2 Å². The van der Waals surface area contributed by atoms with E-state index in [9.17, 15) is 4.79 Å². The normalized spacial score (nSPS) is 19.1. The van der Waals surface area contributed by atoms with Crippen molar-refractivity contribution >= 4 is 11.6 Å². The highest BCUT2D eigenvalue weighted by atomic mass is 16.5. The minimum absolute atomic E-state index is 0.142. The Hall–Kier alpha value is -2.10. The summed E-state index contributed by atoms with van der Waals surface area (Å²) < 4.78 is 5.19. The molecule has 1 fully saturated rings. The van der Waals surface area contributed by atoms with Gasteiger partial charge in [-0.15, -0.1) is 0 Å². The number of nitrogens with zero attached hydrogens (tertiary/aromatic N) is 2. The van der Waals surface area contributed by atoms with Crippen LogP contribution in [0, 0.1) is 11.3 Å². The number of amides is 1. The topological polar surface area (TPSA) is 77.4 Å². The molecule has 1 unspecified atom stereocenters. The molecule has 20 heavy (non-hydrogen) atoms. The van der Waals surface area contributed by atoms with Crippen molar-refractivity contribution < 1.29 is 9.53 Å². The van der Waals surface area contributed by atoms with Gasteiger partial charge in [0.1, 0.15) is 11.8 Å². The summed E-state index contributed by atoms with van der Waals surface area (Å²) in [7, 11) is 1.56. The number of carbonyl (C=O) groups excluding carboxylic acids is 1. The number of carbonyl (C=O) groups is 1. The van der Waals surface area contributed by atoms with Gasteiger partial charge >= 0.3 is 0 Å². The lowest BCUT2D eigenvalue weighted by atomic mass is 10.2. The van der Waals surface area contributed by atoms with E-state index in [4.69, 9.17) is 10.00 Å². The van der Waals surface area contributed by atoms with E-state index in [0.29, 0.717) is 24.5 Å². The van der Waals surface area contributed by atoms with Crippen LogP contribution in [-0.2, 0) is 4.79 Å². The van der Waals surface area contributed by atoms with Crippen molar-refractivity contribution in [2.45, 2.75) is 6.04 Å². The van der Waals surface area contributed by atoms with Crippen molar-refractivity contribution in [1.29, 1.82) is 5.26 Å². The van der Waals surface area contributed by atoms with Crippen LogP contribution in [0.5, 0.6) is 5.75 Å². The summed E-state index contributed by atoms with van der Waals surface area (Å²) in [4.78, 5) is 13.9.